The number of thiophene rings is 1. The van der Waals surface area contributed by atoms with Gasteiger partial charge in [0.2, 0.25) is 0 Å². The SMILES string of the molecule is CN(CC(F)F)c1sc(S(C)(=O)=O)cc1[N+](=O)[O-]. The molecule has 0 aliphatic heterocycles. The Labute approximate surface area is 106 Å². The number of halogens is 2. The Balaban J connectivity index is 3.25. The van der Waals surface area contributed by atoms with E-state index in [2.05, 4.69) is 0 Å². The molecule has 1 aromatic rings. The number of sulfone groups is 1. The molecule has 0 amide bonds. The van der Waals surface area contributed by atoms with E-state index in [4.69, 9.17) is 0 Å². The molecular weight excluding hydrogens is 290 g/mol. The van der Waals surface area contributed by atoms with Crippen molar-refractivity contribution in [1.82, 2.24) is 0 Å². The summed E-state index contributed by atoms with van der Waals surface area (Å²) in [4.78, 5) is 10.9. The summed E-state index contributed by atoms with van der Waals surface area (Å²) in [6.07, 6.45) is -1.77. The molecule has 0 saturated carbocycles. The molecule has 1 aromatic heterocycles. The van der Waals surface area contributed by atoms with Crippen LogP contribution < -0.4 is 4.90 Å². The Morgan fingerprint density at radius 2 is 2.11 bits per heavy atom. The standard InChI is InChI=1S/C8H10F2N2O4S2/c1-11(4-6(9)10)8-5(12(13)14)3-7(17-8)18(2,15)16/h3,6H,4H2,1-2H3. The maximum atomic E-state index is 12.2. The third kappa shape index (κ3) is 3.35. The second kappa shape index (κ2) is 5.14. The Bertz CT molecular complexity index is 555. The maximum absolute atomic E-state index is 12.2. The molecule has 0 spiro atoms. The summed E-state index contributed by atoms with van der Waals surface area (Å²) in [5.41, 5.74) is -0.483. The predicted molar refractivity (Wildman–Crippen MR) is 63.4 cm³/mol. The van der Waals surface area contributed by atoms with Crippen molar-refractivity contribution >= 4 is 31.9 Å². The first-order valence-corrected chi connectivity index (χ1v) is 7.31. The van der Waals surface area contributed by atoms with Crippen LogP contribution in [0.15, 0.2) is 10.3 Å². The van der Waals surface area contributed by atoms with Gasteiger partial charge >= 0.3 is 5.69 Å². The van der Waals surface area contributed by atoms with E-state index in [0.29, 0.717) is 11.3 Å². The van der Waals surface area contributed by atoms with Gasteiger partial charge in [0.1, 0.15) is 4.21 Å². The van der Waals surface area contributed by atoms with E-state index in [1.54, 1.807) is 0 Å². The number of alkyl halides is 2. The zero-order chi connectivity index (χ0) is 14.1. The van der Waals surface area contributed by atoms with Crippen LogP contribution in [0.5, 0.6) is 0 Å². The van der Waals surface area contributed by atoms with Crippen molar-refractivity contribution in [3.63, 3.8) is 0 Å². The number of nitrogens with zero attached hydrogens (tertiary/aromatic N) is 2. The summed E-state index contributed by atoms with van der Waals surface area (Å²) in [5, 5.41) is 10.7. The molecule has 0 saturated heterocycles. The van der Waals surface area contributed by atoms with E-state index in [0.717, 1.165) is 17.2 Å². The molecule has 0 bridgehead atoms. The van der Waals surface area contributed by atoms with E-state index >= 15 is 0 Å². The molecular formula is C8H10F2N2O4S2. The van der Waals surface area contributed by atoms with E-state index in [-0.39, 0.29) is 9.21 Å². The van der Waals surface area contributed by atoms with Crippen LogP contribution in [0.25, 0.3) is 0 Å². The topological polar surface area (TPSA) is 80.5 Å². The van der Waals surface area contributed by atoms with E-state index in [9.17, 15) is 27.3 Å². The second-order valence-corrected chi connectivity index (χ2v) is 6.83. The summed E-state index contributed by atoms with van der Waals surface area (Å²) >= 11 is 0.608. The highest BCUT2D eigenvalue weighted by Gasteiger charge is 2.26. The highest BCUT2D eigenvalue weighted by atomic mass is 32.2. The molecule has 0 aliphatic carbocycles. The number of anilines is 1. The molecule has 1 heterocycles. The summed E-state index contributed by atoms with van der Waals surface area (Å²) in [5.74, 6) is 0. The lowest BCUT2D eigenvalue weighted by Gasteiger charge is -2.15. The third-order valence-electron chi connectivity index (χ3n) is 1.99. The molecule has 0 N–H and O–H groups in total. The van der Waals surface area contributed by atoms with Gasteiger partial charge in [-0.1, -0.05) is 11.3 Å². The van der Waals surface area contributed by atoms with Crippen molar-refractivity contribution in [3.05, 3.63) is 16.2 Å². The number of nitro groups is 1. The van der Waals surface area contributed by atoms with Crippen LogP contribution in [-0.4, -0.2) is 39.6 Å². The van der Waals surface area contributed by atoms with Gasteiger partial charge in [-0.3, -0.25) is 10.1 Å². The van der Waals surface area contributed by atoms with Gasteiger partial charge in [-0.05, 0) is 0 Å². The minimum Gasteiger partial charge on any atom is -0.355 e. The Kier molecular flexibility index (Phi) is 4.22. The second-order valence-electron chi connectivity index (χ2n) is 3.56. The van der Waals surface area contributed by atoms with Gasteiger partial charge < -0.3 is 4.90 Å². The van der Waals surface area contributed by atoms with Gasteiger partial charge in [-0.25, -0.2) is 17.2 Å². The van der Waals surface area contributed by atoms with E-state index in [1.807, 2.05) is 0 Å². The smallest absolute Gasteiger partial charge is 0.304 e. The monoisotopic (exact) mass is 300 g/mol. The summed E-state index contributed by atoms with van der Waals surface area (Å²) < 4.78 is 46.8. The van der Waals surface area contributed by atoms with Crippen molar-refractivity contribution in [2.45, 2.75) is 10.6 Å². The maximum Gasteiger partial charge on any atom is 0.304 e. The van der Waals surface area contributed by atoms with Crippen LogP contribution in [0.2, 0.25) is 0 Å². The molecule has 0 radical (unpaired) electrons. The summed E-state index contributed by atoms with van der Waals surface area (Å²) in [6, 6.07) is 0.886. The van der Waals surface area contributed by atoms with Crippen LogP contribution in [0.4, 0.5) is 19.5 Å². The number of rotatable bonds is 5. The average Bonchev–Trinajstić information content (AvgIpc) is 2.59. The molecule has 0 fully saturated rings. The number of hydrogen-bond donors (Lipinski definition) is 0. The van der Waals surface area contributed by atoms with Crippen LogP contribution in [0, 0.1) is 10.1 Å². The first-order chi connectivity index (χ1) is 8.12. The minimum atomic E-state index is -3.60. The lowest BCUT2D eigenvalue weighted by atomic mass is 10.4. The molecule has 0 aromatic carbocycles. The first kappa shape index (κ1) is 14.8. The Morgan fingerprint density at radius 1 is 1.56 bits per heavy atom. The highest BCUT2D eigenvalue weighted by molar-refractivity contribution is 7.92. The normalized spacial score (nSPS) is 11.8. The molecule has 0 aliphatic rings. The molecule has 1 rings (SSSR count). The van der Waals surface area contributed by atoms with Gasteiger partial charge in [0.05, 0.1) is 11.5 Å². The molecule has 18 heavy (non-hydrogen) atoms. The van der Waals surface area contributed by atoms with Crippen molar-refractivity contribution in [1.29, 1.82) is 0 Å². The fourth-order valence-corrected chi connectivity index (χ4v) is 3.22. The van der Waals surface area contributed by atoms with E-state index < -0.39 is 33.4 Å². The fourth-order valence-electron chi connectivity index (χ4n) is 1.23. The zero-order valence-electron chi connectivity index (χ0n) is 9.46. The molecule has 0 atom stereocenters. The van der Waals surface area contributed by atoms with Gasteiger partial charge in [0.25, 0.3) is 6.43 Å². The Hall–Kier alpha value is -1.29. The Morgan fingerprint density at radius 3 is 2.50 bits per heavy atom. The summed E-state index contributed by atoms with van der Waals surface area (Å²) in [6.45, 7) is -0.704. The van der Waals surface area contributed by atoms with E-state index in [1.165, 1.54) is 7.05 Å². The van der Waals surface area contributed by atoms with Crippen molar-refractivity contribution < 1.29 is 22.1 Å². The predicted octanol–water partition coefficient (Wildman–Crippen LogP) is 1.76. The van der Waals surface area contributed by atoms with Crippen molar-refractivity contribution in [3.8, 4) is 0 Å². The molecule has 10 heteroatoms. The highest BCUT2D eigenvalue weighted by Crippen LogP contribution is 2.39. The average molecular weight is 300 g/mol. The van der Waals surface area contributed by atoms with Crippen LogP contribution in [-0.2, 0) is 9.84 Å². The largest absolute Gasteiger partial charge is 0.355 e. The minimum absolute atomic E-state index is 0.0966. The lowest BCUT2D eigenvalue weighted by molar-refractivity contribution is -0.383. The van der Waals surface area contributed by atoms with Gasteiger partial charge in [0.15, 0.2) is 14.8 Å². The van der Waals surface area contributed by atoms with Crippen LogP contribution in [0.1, 0.15) is 0 Å². The molecule has 102 valence electrons. The van der Waals surface area contributed by atoms with Crippen LogP contribution in [0.3, 0.4) is 0 Å². The third-order valence-corrected chi connectivity index (χ3v) is 5.03. The molecule has 0 unspecified atom stereocenters. The van der Waals surface area contributed by atoms with Crippen LogP contribution >= 0.6 is 11.3 Å². The van der Waals surface area contributed by atoms with Gasteiger partial charge in [0, 0.05) is 19.4 Å². The lowest BCUT2D eigenvalue weighted by Crippen LogP contribution is -2.23. The van der Waals surface area contributed by atoms with Gasteiger partial charge in [-0.2, -0.15) is 0 Å². The quantitative estimate of drug-likeness (QED) is 0.611. The zero-order valence-corrected chi connectivity index (χ0v) is 11.1. The summed E-state index contributed by atoms with van der Waals surface area (Å²) in [7, 11) is -2.35. The first-order valence-electron chi connectivity index (χ1n) is 4.60. The van der Waals surface area contributed by atoms with Crippen molar-refractivity contribution in [2.75, 3.05) is 24.7 Å². The number of hydrogen-bond acceptors (Lipinski definition) is 6. The van der Waals surface area contributed by atoms with Crippen molar-refractivity contribution in [2.24, 2.45) is 0 Å². The molecule has 6 nitrogen and oxygen atoms in total. The fraction of sp³-hybridized carbons (Fsp3) is 0.500. The van der Waals surface area contributed by atoms with Gasteiger partial charge in [-0.15, -0.1) is 0 Å².